The second kappa shape index (κ2) is 12.3. The van der Waals surface area contributed by atoms with Crippen molar-refractivity contribution in [3.8, 4) is 0 Å². The minimum absolute atomic E-state index is 0.00859. The molecule has 1 saturated heterocycles. The van der Waals surface area contributed by atoms with Crippen LogP contribution in [0.25, 0.3) is 0 Å². The summed E-state index contributed by atoms with van der Waals surface area (Å²) < 4.78 is 0. The number of likely N-dealkylation sites (N-methyl/N-ethyl adjacent to an activating group) is 1. The molecule has 3 atom stereocenters. The molecular formula is C28H43N3O4. The number of hydrogen-bond donors (Lipinski definition) is 2. The van der Waals surface area contributed by atoms with Crippen molar-refractivity contribution < 1.29 is 19.5 Å². The third kappa shape index (κ3) is 7.92. The Hall–Kier alpha value is -2.67. The van der Waals surface area contributed by atoms with Gasteiger partial charge in [-0.2, -0.15) is 0 Å². The van der Waals surface area contributed by atoms with Crippen molar-refractivity contribution in [3.05, 3.63) is 47.5 Å². The smallest absolute Gasteiger partial charge is 0.331 e. The van der Waals surface area contributed by atoms with Crippen molar-refractivity contribution in [1.82, 2.24) is 15.1 Å². The molecule has 194 valence electrons. The Kier molecular flexibility index (Phi) is 10.1. The lowest BCUT2D eigenvalue weighted by molar-refractivity contribution is -0.142. The summed E-state index contributed by atoms with van der Waals surface area (Å²) >= 11 is 0. The van der Waals surface area contributed by atoms with Crippen LogP contribution in [0, 0.1) is 11.3 Å². The molecule has 35 heavy (non-hydrogen) atoms. The van der Waals surface area contributed by atoms with Gasteiger partial charge in [0.15, 0.2) is 0 Å². The molecule has 1 aliphatic heterocycles. The van der Waals surface area contributed by atoms with Crippen molar-refractivity contribution in [3.63, 3.8) is 0 Å². The van der Waals surface area contributed by atoms with Crippen LogP contribution in [0.5, 0.6) is 0 Å². The first-order valence-electron chi connectivity index (χ1n) is 12.6. The molecule has 1 fully saturated rings. The number of carboxylic acid groups (broad SMARTS) is 1. The highest BCUT2D eigenvalue weighted by Gasteiger charge is 2.39. The number of piperidine rings is 1. The lowest BCUT2D eigenvalue weighted by Gasteiger charge is -2.40. The van der Waals surface area contributed by atoms with Crippen LogP contribution in [0.3, 0.4) is 0 Å². The van der Waals surface area contributed by atoms with Crippen LogP contribution in [0.15, 0.2) is 42.0 Å². The molecule has 0 aliphatic carbocycles. The molecule has 0 radical (unpaired) electrons. The largest absolute Gasteiger partial charge is 0.478 e. The molecule has 2 N–H and O–H groups in total. The van der Waals surface area contributed by atoms with Crippen LogP contribution in [-0.4, -0.2) is 64.4 Å². The van der Waals surface area contributed by atoms with Crippen molar-refractivity contribution in [2.45, 2.75) is 85.5 Å². The van der Waals surface area contributed by atoms with Crippen LogP contribution in [0.2, 0.25) is 0 Å². The number of nitrogens with zero attached hydrogens (tertiary/aromatic N) is 2. The number of carboxylic acids is 1. The van der Waals surface area contributed by atoms with Crippen LogP contribution in [0.1, 0.15) is 66.4 Å². The molecule has 0 spiro atoms. The Morgan fingerprint density at radius 1 is 1.17 bits per heavy atom. The first-order chi connectivity index (χ1) is 16.3. The summed E-state index contributed by atoms with van der Waals surface area (Å²) in [5, 5.41) is 12.4. The molecule has 7 nitrogen and oxygen atoms in total. The summed E-state index contributed by atoms with van der Waals surface area (Å²) in [7, 11) is 1.69. The van der Waals surface area contributed by atoms with Gasteiger partial charge in [-0.05, 0) is 43.2 Å². The topological polar surface area (TPSA) is 90.0 Å². The maximum atomic E-state index is 13.7. The zero-order chi connectivity index (χ0) is 26.3. The summed E-state index contributed by atoms with van der Waals surface area (Å²) in [6, 6.07) is 8.70. The molecular weight excluding hydrogens is 442 g/mol. The van der Waals surface area contributed by atoms with Gasteiger partial charge in [-0.15, -0.1) is 0 Å². The summed E-state index contributed by atoms with van der Waals surface area (Å²) in [5.41, 5.74) is 0.835. The maximum absolute atomic E-state index is 13.7. The van der Waals surface area contributed by atoms with Gasteiger partial charge >= 0.3 is 5.97 Å². The Morgan fingerprint density at radius 2 is 1.80 bits per heavy atom. The van der Waals surface area contributed by atoms with E-state index >= 15 is 0 Å². The number of likely N-dealkylation sites (tertiary alicyclic amines) is 1. The van der Waals surface area contributed by atoms with Gasteiger partial charge in [-0.3, -0.25) is 14.5 Å². The Balaban J connectivity index is 2.24. The van der Waals surface area contributed by atoms with E-state index in [2.05, 4.69) is 22.3 Å². The molecule has 1 aliphatic rings. The quantitative estimate of drug-likeness (QED) is 0.514. The van der Waals surface area contributed by atoms with Gasteiger partial charge in [-0.1, -0.05) is 77.4 Å². The number of carbonyl (C=O) groups excluding carboxylic acids is 2. The van der Waals surface area contributed by atoms with E-state index < -0.39 is 23.5 Å². The number of benzene rings is 1. The Bertz CT molecular complexity index is 905. The zero-order valence-corrected chi connectivity index (χ0v) is 22.4. The first kappa shape index (κ1) is 28.6. The van der Waals surface area contributed by atoms with E-state index in [0.29, 0.717) is 6.54 Å². The highest BCUT2D eigenvalue weighted by atomic mass is 16.4. The van der Waals surface area contributed by atoms with E-state index in [-0.39, 0.29) is 29.3 Å². The van der Waals surface area contributed by atoms with E-state index in [4.69, 9.17) is 0 Å². The highest BCUT2D eigenvalue weighted by molar-refractivity contribution is 5.91. The van der Waals surface area contributed by atoms with Gasteiger partial charge in [0.25, 0.3) is 0 Å². The van der Waals surface area contributed by atoms with Gasteiger partial charge in [0.1, 0.15) is 6.04 Å². The SMILES string of the molecule is C/C(=C\[C@H](C(C)C)N(C)C(=O)C(NC(=O)C1CCCCN1Cc1ccccc1)C(C)(C)C)C(=O)O. The lowest BCUT2D eigenvalue weighted by Crippen LogP contribution is -2.60. The highest BCUT2D eigenvalue weighted by Crippen LogP contribution is 2.26. The standard InChI is InChI=1S/C28H43N3O4/c1-19(2)23(17-20(3)27(34)35)30(7)26(33)24(28(4,5)6)29-25(32)22-15-11-12-16-31(22)18-21-13-9-8-10-14-21/h8-10,13-14,17,19,22-24H,11-12,15-16,18H2,1-7H3,(H,29,32)(H,34,35)/b20-17+/t22?,23-,24?/m1/s1. The molecule has 2 amide bonds. The number of aliphatic carboxylic acids is 1. The summed E-state index contributed by atoms with van der Waals surface area (Å²) in [4.78, 5) is 42.4. The maximum Gasteiger partial charge on any atom is 0.331 e. The van der Waals surface area contributed by atoms with Crippen molar-refractivity contribution in [2.24, 2.45) is 11.3 Å². The Labute approximate surface area is 210 Å². The fourth-order valence-electron chi connectivity index (χ4n) is 4.61. The predicted molar refractivity (Wildman–Crippen MR) is 139 cm³/mol. The van der Waals surface area contributed by atoms with Crippen LogP contribution < -0.4 is 5.32 Å². The monoisotopic (exact) mass is 485 g/mol. The number of rotatable bonds is 9. The van der Waals surface area contributed by atoms with Gasteiger partial charge < -0.3 is 15.3 Å². The van der Waals surface area contributed by atoms with E-state index in [0.717, 1.165) is 31.4 Å². The van der Waals surface area contributed by atoms with Crippen molar-refractivity contribution in [1.29, 1.82) is 0 Å². The molecule has 1 aromatic rings. The fourth-order valence-corrected chi connectivity index (χ4v) is 4.61. The van der Waals surface area contributed by atoms with Crippen LogP contribution >= 0.6 is 0 Å². The van der Waals surface area contributed by atoms with Crippen molar-refractivity contribution in [2.75, 3.05) is 13.6 Å². The van der Waals surface area contributed by atoms with Gasteiger partial charge in [0, 0.05) is 19.2 Å². The van der Waals surface area contributed by atoms with Gasteiger partial charge in [-0.25, -0.2) is 4.79 Å². The van der Waals surface area contributed by atoms with E-state index in [1.165, 1.54) is 6.92 Å². The summed E-state index contributed by atoms with van der Waals surface area (Å²) in [5.74, 6) is -1.34. The summed E-state index contributed by atoms with van der Waals surface area (Å²) in [6.07, 6.45) is 4.41. The zero-order valence-electron chi connectivity index (χ0n) is 22.4. The third-order valence-electron chi connectivity index (χ3n) is 6.78. The normalized spacial score (nSPS) is 19.2. The van der Waals surface area contributed by atoms with Gasteiger partial charge in [0.05, 0.1) is 12.1 Å². The van der Waals surface area contributed by atoms with E-state index in [1.807, 2.05) is 52.8 Å². The molecule has 1 heterocycles. The van der Waals surface area contributed by atoms with Crippen LogP contribution in [-0.2, 0) is 20.9 Å². The molecule has 2 rings (SSSR count). The van der Waals surface area contributed by atoms with Crippen molar-refractivity contribution >= 4 is 17.8 Å². The predicted octanol–water partition coefficient (Wildman–Crippen LogP) is 4.09. The minimum Gasteiger partial charge on any atom is -0.478 e. The summed E-state index contributed by atoms with van der Waals surface area (Å²) in [6.45, 7) is 12.8. The van der Waals surface area contributed by atoms with E-state index in [9.17, 15) is 19.5 Å². The first-order valence-corrected chi connectivity index (χ1v) is 12.6. The molecule has 1 aromatic carbocycles. The third-order valence-corrected chi connectivity index (χ3v) is 6.78. The number of carbonyl (C=O) groups is 3. The number of nitrogens with one attached hydrogen (secondary N) is 1. The average molecular weight is 486 g/mol. The molecule has 0 aromatic heterocycles. The fraction of sp³-hybridized carbons (Fsp3) is 0.607. The molecule has 0 saturated carbocycles. The molecule has 2 unspecified atom stereocenters. The lowest BCUT2D eigenvalue weighted by atomic mass is 9.84. The number of amides is 2. The van der Waals surface area contributed by atoms with E-state index in [1.54, 1.807) is 18.0 Å². The molecule has 0 bridgehead atoms. The minimum atomic E-state index is -1.01. The Morgan fingerprint density at radius 3 is 2.34 bits per heavy atom. The number of hydrogen-bond acceptors (Lipinski definition) is 4. The second-order valence-electron chi connectivity index (χ2n) is 11.1. The second-order valence-corrected chi connectivity index (χ2v) is 11.1. The molecule has 7 heteroatoms. The average Bonchev–Trinajstić information content (AvgIpc) is 2.79. The van der Waals surface area contributed by atoms with Crippen LogP contribution in [0.4, 0.5) is 0 Å². The van der Waals surface area contributed by atoms with Gasteiger partial charge in [0.2, 0.25) is 11.8 Å².